The van der Waals surface area contributed by atoms with E-state index in [0.29, 0.717) is 19.5 Å². The van der Waals surface area contributed by atoms with Gasteiger partial charge in [0.15, 0.2) is 0 Å². The summed E-state index contributed by atoms with van der Waals surface area (Å²) in [7, 11) is 0. The Morgan fingerprint density at radius 1 is 1.71 bits per heavy atom. The van der Waals surface area contributed by atoms with Gasteiger partial charge in [-0.15, -0.1) is 0 Å². The second-order valence-corrected chi connectivity index (χ2v) is 4.12. The number of hydrogen-bond donors (Lipinski definition) is 0. The van der Waals surface area contributed by atoms with Crippen LogP contribution in [0.3, 0.4) is 0 Å². The highest BCUT2D eigenvalue weighted by Gasteiger charge is 2.26. The maximum atomic E-state index is 13.3. The maximum absolute atomic E-state index is 13.3. The van der Waals surface area contributed by atoms with Gasteiger partial charge in [0, 0.05) is 19.9 Å². The Balaban J connectivity index is 2.02. The van der Waals surface area contributed by atoms with Crippen LogP contribution in [-0.2, 0) is 4.79 Å². The molecule has 2 rings (SSSR count). The van der Waals surface area contributed by atoms with E-state index >= 15 is 0 Å². The van der Waals surface area contributed by atoms with Crippen LogP contribution in [0, 0.1) is 5.82 Å². The van der Waals surface area contributed by atoms with Gasteiger partial charge >= 0.3 is 0 Å². The summed E-state index contributed by atoms with van der Waals surface area (Å²) in [6.45, 7) is 2.54. The van der Waals surface area contributed by atoms with Crippen molar-refractivity contribution in [2.45, 2.75) is 19.4 Å². The lowest BCUT2D eigenvalue weighted by molar-refractivity contribution is -0.128. The molecule has 0 aliphatic carbocycles. The van der Waals surface area contributed by atoms with Gasteiger partial charge in [0.2, 0.25) is 17.0 Å². The van der Waals surface area contributed by atoms with E-state index in [1.54, 1.807) is 4.90 Å². The first-order valence-corrected chi connectivity index (χ1v) is 5.54. The molecule has 92 valence electrons. The van der Waals surface area contributed by atoms with E-state index in [1.807, 2.05) is 0 Å². The van der Waals surface area contributed by atoms with Gasteiger partial charge in [0.25, 0.3) is 5.88 Å². The summed E-state index contributed by atoms with van der Waals surface area (Å²) in [5, 5.41) is -0.0668. The Morgan fingerprint density at radius 2 is 2.47 bits per heavy atom. The minimum absolute atomic E-state index is 0.0164. The zero-order valence-electron chi connectivity index (χ0n) is 9.19. The minimum atomic E-state index is -0.657. The van der Waals surface area contributed by atoms with Crippen LogP contribution in [0.2, 0.25) is 5.28 Å². The second-order valence-electron chi connectivity index (χ2n) is 3.79. The molecule has 1 atom stereocenters. The number of carbonyl (C=O) groups is 1. The Bertz CT molecular complexity index is 444. The van der Waals surface area contributed by atoms with Crippen LogP contribution in [0.15, 0.2) is 6.20 Å². The van der Waals surface area contributed by atoms with E-state index in [-0.39, 0.29) is 23.2 Å². The Labute approximate surface area is 103 Å². The number of halogens is 2. The molecular formula is C10H11ClFN3O2. The second kappa shape index (κ2) is 4.83. The number of ether oxygens (including phenoxy) is 1. The van der Waals surface area contributed by atoms with Crippen LogP contribution < -0.4 is 4.74 Å². The number of likely N-dealkylation sites (tertiary alicyclic amines) is 1. The van der Waals surface area contributed by atoms with Crippen LogP contribution in [0.4, 0.5) is 4.39 Å². The maximum Gasteiger partial charge on any atom is 0.255 e. The smallest absolute Gasteiger partial charge is 0.255 e. The molecule has 0 N–H and O–H groups in total. The SMILES string of the molecule is CC(=O)N1CC[C@@H](Oc2nc(Cl)ncc2F)C1. The molecular weight excluding hydrogens is 249 g/mol. The Kier molecular flexibility index (Phi) is 3.42. The summed E-state index contributed by atoms with van der Waals surface area (Å²) in [5.74, 6) is -0.839. The van der Waals surface area contributed by atoms with Crippen LogP contribution in [0.1, 0.15) is 13.3 Å². The molecule has 0 bridgehead atoms. The van der Waals surface area contributed by atoms with Gasteiger partial charge in [0.05, 0.1) is 12.7 Å². The zero-order chi connectivity index (χ0) is 12.4. The van der Waals surface area contributed by atoms with E-state index in [2.05, 4.69) is 9.97 Å². The van der Waals surface area contributed by atoms with Gasteiger partial charge in [-0.2, -0.15) is 9.37 Å². The highest BCUT2D eigenvalue weighted by atomic mass is 35.5. The summed E-state index contributed by atoms with van der Waals surface area (Å²) in [6.07, 6.45) is 1.36. The van der Waals surface area contributed by atoms with Gasteiger partial charge in [0.1, 0.15) is 6.10 Å². The van der Waals surface area contributed by atoms with Crippen molar-refractivity contribution in [1.82, 2.24) is 14.9 Å². The zero-order valence-corrected chi connectivity index (χ0v) is 9.95. The molecule has 1 amide bonds. The van der Waals surface area contributed by atoms with Gasteiger partial charge in [-0.3, -0.25) is 4.79 Å². The normalized spacial score (nSPS) is 19.5. The first-order chi connectivity index (χ1) is 8.06. The van der Waals surface area contributed by atoms with Gasteiger partial charge in [-0.25, -0.2) is 4.98 Å². The molecule has 1 aliphatic heterocycles. The summed E-state index contributed by atoms with van der Waals surface area (Å²) >= 11 is 5.55. The van der Waals surface area contributed by atoms with E-state index in [4.69, 9.17) is 16.3 Å². The first-order valence-electron chi connectivity index (χ1n) is 5.16. The molecule has 0 aromatic carbocycles. The lowest BCUT2D eigenvalue weighted by Gasteiger charge is -2.15. The predicted molar refractivity (Wildman–Crippen MR) is 58.3 cm³/mol. The fourth-order valence-electron chi connectivity index (χ4n) is 1.68. The van der Waals surface area contributed by atoms with Crippen LogP contribution in [0.5, 0.6) is 5.88 Å². The molecule has 2 heterocycles. The molecule has 1 aromatic heterocycles. The van der Waals surface area contributed by atoms with Crippen LogP contribution >= 0.6 is 11.6 Å². The van der Waals surface area contributed by atoms with Crippen molar-refractivity contribution >= 4 is 17.5 Å². The van der Waals surface area contributed by atoms with Crippen molar-refractivity contribution in [3.05, 3.63) is 17.3 Å². The molecule has 1 saturated heterocycles. The quantitative estimate of drug-likeness (QED) is 0.751. The third kappa shape index (κ3) is 2.82. The van der Waals surface area contributed by atoms with Crippen LogP contribution in [0.25, 0.3) is 0 Å². The minimum Gasteiger partial charge on any atom is -0.470 e. The lowest BCUT2D eigenvalue weighted by Crippen LogP contribution is -2.29. The fraction of sp³-hybridized carbons (Fsp3) is 0.500. The van der Waals surface area contributed by atoms with Crippen molar-refractivity contribution < 1.29 is 13.9 Å². The van der Waals surface area contributed by atoms with Crippen LogP contribution in [-0.4, -0.2) is 40.0 Å². The number of rotatable bonds is 2. The molecule has 1 aliphatic rings. The highest BCUT2D eigenvalue weighted by Crippen LogP contribution is 2.20. The summed E-state index contributed by atoms with van der Waals surface area (Å²) in [6, 6.07) is 0. The third-order valence-corrected chi connectivity index (χ3v) is 2.73. The molecule has 0 radical (unpaired) electrons. The summed E-state index contributed by atoms with van der Waals surface area (Å²) in [5.41, 5.74) is 0. The molecule has 0 saturated carbocycles. The van der Waals surface area contributed by atoms with Crippen molar-refractivity contribution in [1.29, 1.82) is 0 Å². The highest BCUT2D eigenvalue weighted by molar-refractivity contribution is 6.28. The number of amides is 1. The molecule has 17 heavy (non-hydrogen) atoms. The van der Waals surface area contributed by atoms with Crippen molar-refractivity contribution in [3.8, 4) is 5.88 Å². The predicted octanol–water partition coefficient (Wildman–Crippen LogP) is 1.27. The standard InChI is InChI=1S/C10H11ClFN3O2/c1-6(16)15-3-2-7(5-15)17-9-8(12)4-13-10(11)14-9/h4,7H,2-3,5H2,1H3/t7-/m1/s1. The third-order valence-electron chi connectivity index (χ3n) is 2.55. The molecule has 0 unspecified atom stereocenters. The van der Waals surface area contributed by atoms with E-state index in [0.717, 1.165) is 6.20 Å². The van der Waals surface area contributed by atoms with Gasteiger partial charge in [-0.05, 0) is 11.6 Å². The number of aromatic nitrogens is 2. The average Bonchev–Trinajstić information content (AvgIpc) is 2.72. The van der Waals surface area contributed by atoms with E-state index in [9.17, 15) is 9.18 Å². The molecule has 7 heteroatoms. The van der Waals surface area contributed by atoms with Gasteiger partial charge in [-0.1, -0.05) is 0 Å². The number of carbonyl (C=O) groups excluding carboxylic acids is 1. The molecule has 1 fully saturated rings. The Hall–Kier alpha value is -1.43. The first kappa shape index (κ1) is 12.0. The largest absolute Gasteiger partial charge is 0.470 e. The van der Waals surface area contributed by atoms with Gasteiger partial charge < -0.3 is 9.64 Å². The van der Waals surface area contributed by atoms with Crippen molar-refractivity contribution in [2.24, 2.45) is 0 Å². The van der Waals surface area contributed by atoms with Crippen molar-refractivity contribution in [3.63, 3.8) is 0 Å². The summed E-state index contributed by atoms with van der Waals surface area (Å²) in [4.78, 5) is 19.9. The summed E-state index contributed by atoms with van der Waals surface area (Å²) < 4.78 is 18.7. The molecule has 1 aromatic rings. The lowest BCUT2D eigenvalue weighted by atomic mass is 10.3. The monoisotopic (exact) mass is 259 g/mol. The van der Waals surface area contributed by atoms with E-state index < -0.39 is 5.82 Å². The van der Waals surface area contributed by atoms with E-state index in [1.165, 1.54) is 6.92 Å². The molecule has 5 nitrogen and oxygen atoms in total. The average molecular weight is 260 g/mol. The fourth-order valence-corrected chi connectivity index (χ4v) is 1.81. The molecule has 0 spiro atoms. The topological polar surface area (TPSA) is 55.3 Å². The Morgan fingerprint density at radius 3 is 3.12 bits per heavy atom. The van der Waals surface area contributed by atoms with Crippen molar-refractivity contribution in [2.75, 3.05) is 13.1 Å². The number of hydrogen-bond acceptors (Lipinski definition) is 4. The number of nitrogens with zero attached hydrogens (tertiary/aromatic N) is 3.